The van der Waals surface area contributed by atoms with Crippen LogP contribution in [0.15, 0.2) is 24.4 Å². The highest BCUT2D eigenvalue weighted by atomic mass is 35.5. The average molecular weight is 508 g/mol. The first kappa shape index (κ1) is 25.4. The topological polar surface area (TPSA) is 75.5 Å². The maximum atomic E-state index is 13.1. The Labute approximate surface area is 194 Å². The second-order valence-corrected chi connectivity index (χ2v) is 7.84. The van der Waals surface area contributed by atoms with Crippen LogP contribution in [0.2, 0.25) is 5.02 Å². The lowest BCUT2D eigenvalue weighted by atomic mass is 9.93. The Hall–Kier alpha value is -3.20. The minimum Gasteiger partial charge on any atom is -0.494 e. The summed E-state index contributed by atoms with van der Waals surface area (Å²) in [5, 5.41) is 9.07. The molecule has 182 valence electrons. The zero-order valence-electron chi connectivity index (χ0n) is 17.6. The molecule has 0 saturated carbocycles. The molecule has 6 nitrogen and oxygen atoms in total. The molecule has 0 aliphatic carbocycles. The fourth-order valence-electron chi connectivity index (χ4n) is 3.30. The number of ether oxygens (including phenoxy) is 2. The van der Waals surface area contributed by atoms with E-state index in [4.69, 9.17) is 21.1 Å². The molecule has 1 amide bonds. The first-order chi connectivity index (χ1) is 15.8. The van der Waals surface area contributed by atoms with E-state index in [1.54, 1.807) is 6.07 Å². The normalized spacial score (nSPS) is 15.4. The monoisotopic (exact) mass is 507 g/mol. The van der Waals surface area contributed by atoms with Crippen molar-refractivity contribution in [3.8, 4) is 17.6 Å². The summed E-state index contributed by atoms with van der Waals surface area (Å²) in [6.45, 7) is 0.715. The highest BCUT2D eigenvalue weighted by molar-refractivity contribution is 6.31. The van der Waals surface area contributed by atoms with Crippen molar-refractivity contribution in [3.63, 3.8) is 0 Å². The fourth-order valence-corrected chi connectivity index (χ4v) is 3.62. The van der Waals surface area contributed by atoms with Crippen LogP contribution in [-0.4, -0.2) is 48.3 Å². The number of halogens is 7. The Morgan fingerprint density at radius 3 is 2.41 bits per heavy atom. The summed E-state index contributed by atoms with van der Waals surface area (Å²) in [5.74, 6) is -1.96. The van der Waals surface area contributed by atoms with Crippen molar-refractivity contribution in [2.24, 2.45) is 0 Å². The Bertz CT molecular complexity index is 1140. The Kier molecular flexibility index (Phi) is 6.89. The van der Waals surface area contributed by atoms with Crippen molar-refractivity contribution < 1.29 is 40.6 Å². The van der Waals surface area contributed by atoms with E-state index in [1.807, 2.05) is 0 Å². The molecular formula is C21H16ClF6N3O3. The van der Waals surface area contributed by atoms with Gasteiger partial charge >= 0.3 is 12.4 Å². The van der Waals surface area contributed by atoms with Crippen LogP contribution in [0.3, 0.4) is 0 Å². The van der Waals surface area contributed by atoms with Crippen molar-refractivity contribution in [1.29, 1.82) is 5.26 Å². The molecule has 1 fully saturated rings. The van der Waals surface area contributed by atoms with Crippen LogP contribution in [-0.2, 0) is 6.18 Å². The van der Waals surface area contributed by atoms with Crippen LogP contribution in [0.5, 0.6) is 11.5 Å². The first-order valence-electron chi connectivity index (χ1n) is 9.64. The molecule has 2 aromatic rings. The van der Waals surface area contributed by atoms with Crippen molar-refractivity contribution in [2.75, 3.05) is 20.2 Å². The summed E-state index contributed by atoms with van der Waals surface area (Å²) in [4.78, 5) is 18.1. The summed E-state index contributed by atoms with van der Waals surface area (Å²) in [7, 11) is 1.15. The van der Waals surface area contributed by atoms with Gasteiger partial charge in [-0.1, -0.05) is 11.6 Å². The van der Waals surface area contributed by atoms with Crippen LogP contribution >= 0.6 is 11.6 Å². The summed E-state index contributed by atoms with van der Waals surface area (Å²) >= 11 is 5.95. The number of alkyl halides is 6. The van der Waals surface area contributed by atoms with Crippen LogP contribution < -0.4 is 9.47 Å². The lowest BCUT2D eigenvalue weighted by molar-refractivity contribution is -0.189. The maximum absolute atomic E-state index is 13.1. The quantitative estimate of drug-likeness (QED) is 0.520. The minimum atomic E-state index is -4.71. The van der Waals surface area contributed by atoms with Gasteiger partial charge in [-0.25, -0.2) is 0 Å². The van der Waals surface area contributed by atoms with Gasteiger partial charge in [-0.3, -0.25) is 9.78 Å². The fraction of sp³-hybridized carbons (Fsp3) is 0.381. The van der Waals surface area contributed by atoms with E-state index in [2.05, 4.69) is 4.98 Å². The molecule has 1 aliphatic heterocycles. The Morgan fingerprint density at radius 1 is 1.26 bits per heavy atom. The Balaban J connectivity index is 1.87. The van der Waals surface area contributed by atoms with Gasteiger partial charge in [0.15, 0.2) is 11.9 Å². The highest BCUT2D eigenvalue weighted by Crippen LogP contribution is 2.39. The van der Waals surface area contributed by atoms with Crippen molar-refractivity contribution in [1.82, 2.24) is 9.88 Å². The van der Waals surface area contributed by atoms with E-state index >= 15 is 0 Å². The molecule has 1 aromatic carbocycles. The number of carbonyl (C=O) groups excluding carboxylic acids is 1. The van der Waals surface area contributed by atoms with Gasteiger partial charge in [-0.05, 0) is 25.1 Å². The molecule has 2 heterocycles. The number of rotatable bonds is 5. The number of carbonyl (C=O) groups is 1. The molecule has 0 spiro atoms. The SMILES string of the molecule is COc1c(C#N)ccc(O[C@@H](C)C(F)(F)F)c1C(=O)N1CC(c2ncc(C(F)(F)F)cc2Cl)C1. The molecule has 0 bridgehead atoms. The predicted molar refractivity (Wildman–Crippen MR) is 107 cm³/mol. The number of hydrogen-bond donors (Lipinski definition) is 0. The number of amides is 1. The number of nitrogens with zero attached hydrogens (tertiary/aromatic N) is 3. The molecular weight excluding hydrogens is 492 g/mol. The molecule has 3 rings (SSSR count). The molecule has 13 heteroatoms. The predicted octanol–water partition coefficient (Wildman–Crippen LogP) is 5.20. The number of hydrogen-bond acceptors (Lipinski definition) is 5. The number of nitriles is 1. The summed E-state index contributed by atoms with van der Waals surface area (Å²) in [5.41, 5.74) is -1.34. The molecule has 34 heavy (non-hydrogen) atoms. The van der Waals surface area contributed by atoms with E-state index in [0.29, 0.717) is 6.20 Å². The number of methoxy groups -OCH3 is 1. The van der Waals surface area contributed by atoms with E-state index in [1.165, 1.54) is 11.0 Å². The van der Waals surface area contributed by atoms with Gasteiger partial charge in [0.25, 0.3) is 5.91 Å². The second-order valence-electron chi connectivity index (χ2n) is 7.43. The van der Waals surface area contributed by atoms with E-state index in [9.17, 15) is 36.4 Å². The van der Waals surface area contributed by atoms with Gasteiger partial charge in [0.2, 0.25) is 0 Å². The van der Waals surface area contributed by atoms with Crippen LogP contribution in [0.4, 0.5) is 26.3 Å². The van der Waals surface area contributed by atoms with Gasteiger partial charge < -0.3 is 14.4 Å². The molecule has 0 N–H and O–H groups in total. The second kappa shape index (κ2) is 9.21. The molecule has 1 aliphatic rings. The van der Waals surface area contributed by atoms with Crippen molar-refractivity contribution in [2.45, 2.75) is 31.3 Å². The van der Waals surface area contributed by atoms with E-state index in [0.717, 1.165) is 26.2 Å². The number of likely N-dealkylation sites (tertiary alicyclic amines) is 1. The maximum Gasteiger partial charge on any atom is 0.425 e. The molecule has 0 unspecified atom stereocenters. The number of pyridine rings is 1. The van der Waals surface area contributed by atoms with Crippen LogP contribution in [0.1, 0.15) is 40.0 Å². The standard InChI is InChI=1S/C21H16ClF6N3O3/c1-10(20(23,24)25)34-15-4-3-11(6-29)18(33-2)16(15)19(32)31-8-12(9-31)17-14(22)5-13(7-30-17)21(26,27)28/h3-5,7,10,12H,8-9H2,1-2H3/t10-/m0/s1. The van der Waals surface area contributed by atoms with Crippen molar-refractivity contribution >= 4 is 17.5 Å². The van der Waals surface area contributed by atoms with E-state index in [-0.39, 0.29) is 40.7 Å². The third-order valence-corrected chi connectivity index (χ3v) is 5.48. The van der Waals surface area contributed by atoms with Gasteiger partial charge in [0.1, 0.15) is 17.4 Å². The van der Waals surface area contributed by atoms with Crippen molar-refractivity contribution in [3.05, 3.63) is 51.8 Å². The summed E-state index contributed by atoms with van der Waals surface area (Å²) in [6.07, 6.45) is -11.0. The minimum absolute atomic E-state index is 0.0227. The zero-order valence-corrected chi connectivity index (χ0v) is 18.3. The van der Waals surface area contributed by atoms with Crippen LogP contribution in [0, 0.1) is 11.3 Å². The number of aromatic nitrogens is 1. The molecule has 0 radical (unpaired) electrons. The number of benzene rings is 1. The average Bonchev–Trinajstić information content (AvgIpc) is 2.71. The largest absolute Gasteiger partial charge is 0.494 e. The molecule has 1 atom stereocenters. The molecule has 1 aromatic heterocycles. The van der Waals surface area contributed by atoms with Gasteiger partial charge in [-0.15, -0.1) is 0 Å². The van der Waals surface area contributed by atoms with Gasteiger partial charge in [0.05, 0.1) is 29.0 Å². The van der Waals surface area contributed by atoms with E-state index < -0.39 is 41.6 Å². The lowest BCUT2D eigenvalue weighted by Crippen LogP contribution is -2.49. The third-order valence-electron chi connectivity index (χ3n) is 5.18. The smallest absolute Gasteiger partial charge is 0.425 e. The lowest BCUT2D eigenvalue weighted by Gasteiger charge is -2.39. The van der Waals surface area contributed by atoms with Crippen LogP contribution in [0.25, 0.3) is 0 Å². The zero-order chi connectivity index (χ0) is 25.4. The highest BCUT2D eigenvalue weighted by Gasteiger charge is 2.41. The molecule has 1 saturated heterocycles. The summed E-state index contributed by atoms with van der Waals surface area (Å²) < 4.78 is 87.6. The first-order valence-corrected chi connectivity index (χ1v) is 10.0. The third kappa shape index (κ3) is 4.99. The summed E-state index contributed by atoms with van der Waals surface area (Å²) in [6, 6.07) is 4.77. The Morgan fingerprint density at radius 2 is 1.91 bits per heavy atom. The van der Waals surface area contributed by atoms with Gasteiger partial charge in [0, 0.05) is 25.2 Å². The van der Waals surface area contributed by atoms with Gasteiger partial charge in [-0.2, -0.15) is 31.6 Å².